The van der Waals surface area contributed by atoms with Gasteiger partial charge in [-0.15, -0.1) is 5.69 Å². The number of hydrogen-bond donors (Lipinski definition) is 0. The molecule has 0 N–H and O–H groups in total. The molecule has 54 heavy (non-hydrogen) atoms. The second-order valence-corrected chi connectivity index (χ2v) is 13.8. The lowest BCUT2D eigenvalue weighted by Gasteiger charge is -2.36. The van der Waals surface area contributed by atoms with Crippen LogP contribution in [0.15, 0.2) is 170 Å². The fraction of sp³-hybridized carbons (Fsp3) is 0.0204. The van der Waals surface area contributed by atoms with Crippen molar-refractivity contribution in [1.82, 2.24) is 19.9 Å². The zero-order chi connectivity index (χ0) is 35.6. The summed E-state index contributed by atoms with van der Waals surface area (Å²) in [6.07, 6.45) is 4.33. The van der Waals surface area contributed by atoms with Gasteiger partial charge in [0.1, 0.15) is 0 Å². The summed E-state index contributed by atoms with van der Waals surface area (Å²) in [5, 5.41) is 10.5. The topological polar surface area (TPSA) is 65.7 Å². The first-order valence-corrected chi connectivity index (χ1v) is 18.2. The molecule has 1 aliphatic rings. The quantitative estimate of drug-likeness (QED) is 0.136. The largest absolute Gasteiger partial charge is 0.673 e. The van der Waals surface area contributed by atoms with E-state index >= 15 is 0 Å². The summed E-state index contributed by atoms with van der Waals surface area (Å²) >= 11 is 0. The van der Waals surface area contributed by atoms with E-state index in [0.29, 0.717) is 0 Å². The Kier molecular flexibility index (Phi) is 6.85. The van der Waals surface area contributed by atoms with Crippen LogP contribution in [-0.2, 0) is 0 Å². The highest BCUT2D eigenvalue weighted by atomic mass is 14.9. The molecule has 1 atom stereocenters. The van der Waals surface area contributed by atoms with Gasteiger partial charge < -0.3 is 5.32 Å². The lowest BCUT2D eigenvalue weighted by molar-refractivity contribution is 1.04. The van der Waals surface area contributed by atoms with Crippen molar-refractivity contribution in [1.29, 1.82) is 0 Å². The van der Waals surface area contributed by atoms with E-state index in [1.807, 2.05) is 24.3 Å². The molecule has 1 unspecified atom stereocenters. The predicted octanol–water partition coefficient (Wildman–Crippen LogP) is 12.8. The maximum atomic E-state index is 5.30. The molecule has 4 aromatic heterocycles. The van der Waals surface area contributed by atoms with Crippen molar-refractivity contribution >= 4 is 66.3 Å². The molecule has 0 saturated heterocycles. The van der Waals surface area contributed by atoms with E-state index in [2.05, 4.69) is 152 Å². The van der Waals surface area contributed by atoms with Gasteiger partial charge in [-0.25, -0.2) is 19.9 Å². The summed E-state index contributed by atoms with van der Waals surface area (Å²) in [5.74, 6) is 0. The lowest BCUT2D eigenvalue weighted by Crippen LogP contribution is -1.99. The van der Waals surface area contributed by atoms with Gasteiger partial charge in [0.15, 0.2) is 0 Å². The monoisotopic (exact) mass is 688 g/mol. The highest BCUT2D eigenvalue weighted by molar-refractivity contribution is 6.13. The molecule has 252 valence electrons. The number of nitrogens with zero attached hydrogens (tertiary/aromatic N) is 5. The molecule has 0 aliphatic carbocycles. The Morgan fingerprint density at radius 1 is 0.426 bits per heavy atom. The molecular formula is C49H30N5-. The summed E-state index contributed by atoms with van der Waals surface area (Å²) in [6.45, 7) is 0. The van der Waals surface area contributed by atoms with Crippen LogP contribution in [0.4, 0.5) is 5.69 Å². The average molecular weight is 689 g/mol. The standard InChI is InChI=1S/C49H30N5/c1-3-9-30(10-4-1)40-26-23-34-19-20-35-25-28-42(52-46(35)45(34)50-40)32-15-17-33(18-16-32)44-38-13-7-8-14-39(38)49-43(53-44)29-37-22-21-36-24-27-41(31-11-5-2-6-12-31)51-47(36)48(37)54-49/h1-29,41H/q-1. The Labute approximate surface area is 311 Å². The van der Waals surface area contributed by atoms with E-state index in [1.54, 1.807) is 0 Å². The molecule has 0 radical (unpaired) electrons. The minimum absolute atomic E-state index is 0.0460. The zero-order valence-electron chi connectivity index (χ0n) is 29.1. The molecule has 10 aromatic rings. The first-order valence-electron chi connectivity index (χ1n) is 18.2. The number of pyridine rings is 4. The van der Waals surface area contributed by atoms with Crippen LogP contribution in [0.5, 0.6) is 0 Å². The first kappa shape index (κ1) is 30.4. The summed E-state index contributed by atoms with van der Waals surface area (Å²) < 4.78 is 0. The van der Waals surface area contributed by atoms with Gasteiger partial charge in [-0.05, 0) is 23.8 Å². The fourth-order valence-electron chi connectivity index (χ4n) is 7.79. The number of hydrogen-bond acceptors (Lipinski definition) is 4. The highest BCUT2D eigenvalue weighted by Gasteiger charge is 2.16. The van der Waals surface area contributed by atoms with Crippen LogP contribution in [0.25, 0.3) is 99.7 Å². The molecule has 0 fully saturated rings. The van der Waals surface area contributed by atoms with Crippen LogP contribution in [0.3, 0.4) is 0 Å². The molecule has 6 aromatic carbocycles. The van der Waals surface area contributed by atoms with Crippen LogP contribution in [-0.4, -0.2) is 19.9 Å². The lowest BCUT2D eigenvalue weighted by atomic mass is 9.97. The molecule has 0 amide bonds. The van der Waals surface area contributed by atoms with Gasteiger partial charge in [0.2, 0.25) is 0 Å². The van der Waals surface area contributed by atoms with Crippen LogP contribution >= 0.6 is 0 Å². The Bertz CT molecular complexity index is 3120. The van der Waals surface area contributed by atoms with E-state index in [1.165, 1.54) is 5.56 Å². The Morgan fingerprint density at radius 3 is 1.74 bits per heavy atom. The smallest absolute Gasteiger partial charge is 0.0972 e. The Balaban J connectivity index is 0.991. The summed E-state index contributed by atoms with van der Waals surface area (Å²) in [5.41, 5.74) is 13.5. The zero-order valence-corrected chi connectivity index (χ0v) is 29.1. The van der Waals surface area contributed by atoms with Gasteiger partial charge in [-0.1, -0.05) is 169 Å². The highest BCUT2D eigenvalue weighted by Crippen LogP contribution is 2.45. The van der Waals surface area contributed by atoms with Crippen LogP contribution < -0.4 is 0 Å². The van der Waals surface area contributed by atoms with Crippen molar-refractivity contribution < 1.29 is 0 Å². The summed E-state index contributed by atoms with van der Waals surface area (Å²) in [7, 11) is 0. The van der Waals surface area contributed by atoms with Crippen molar-refractivity contribution in [3.8, 4) is 33.8 Å². The minimum atomic E-state index is -0.0460. The van der Waals surface area contributed by atoms with Gasteiger partial charge in [-0.2, -0.15) is 0 Å². The fourth-order valence-corrected chi connectivity index (χ4v) is 7.79. The van der Waals surface area contributed by atoms with E-state index in [4.69, 9.17) is 25.3 Å². The molecule has 11 rings (SSSR count). The van der Waals surface area contributed by atoms with Gasteiger partial charge in [0.25, 0.3) is 0 Å². The molecule has 0 spiro atoms. The number of rotatable bonds is 4. The third-order valence-corrected chi connectivity index (χ3v) is 10.6. The molecular weight excluding hydrogens is 659 g/mol. The summed E-state index contributed by atoms with van der Waals surface area (Å²) in [6, 6.07) is 56.8. The molecule has 5 heteroatoms. The normalized spacial score (nSPS) is 13.8. The average Bonchev–Trinajstić information content (AvgIpc) is 3.25. The summed E-state index contributed by atoms with van der Waals surface area (Å²) in [4.78, 5) is 20.9. The van der Waals surface area contributed by atoms with Crippen molar-refractivity contribution in [2.75, 3.05) is 0 Å². The van der Waals surface area contributed by atoms with E-state index < -0.39 is 0 Å². The van der Waals surface area contributed by atoms with Crippen molar-refractivity contribution in [3.63, 3.8) is 0 Å². The third kappa shape index (κ3) is 5.01. The molecule has 0 bridgehead atoms. The van der Waals surface area contributed by atoms with Crippen molar-refractivity contribution in [3.05, 3.63) is 186 Å². The van der Waals surface area contributed by atoms with Crippen LogP contribution in [0.2, 0.25) is 0 Å². The SMILES string of the molecule is C1=CC(c2ccccc2)[N-]c2c1ccc1cc3nc(-c4ccc(-c5ccc6ccc7ccc(-c8ccccc8)nc7c6n5)cc4)c4ccccc4c3nc21. The van der Waals surface area contributed by atoms with E-state index in [9.17, 15) is 0 Å². The second-order valence-electron chi connectivity index (χ2n) is 13.8. The second kappa shape index (κ2) is 12.2. The van der Waals surface area contributed by atoms with Crippen LogP contribution in [0, 0.1) is 0 Å². The predicted molar refractivity (Wildman–Crippen MR) is 223 cm³/mol. The van der Waals surface area contributed by atoms with Gasteiger partial charge in [0.05, 0.1) is 44.7 Å². The third-order valence-electron chi connectivity index (χ3n) is 10.6. The van der Waals surface area contributed by atoms with Crippen LogP contribution in [0.1, 0.15) is 17.2 Å². The van der Waals surface area contributed by atoms with E-state index in [0.717, 1.165) is 99.5 Å². The molecule has 1 aliphatic heterocycles. The van der Waals surface area contributed by atoms with Gasteiger partial charge >= 0.3 is 0 Å². The van der Waals surface area contributed by atoms with Crippen molar-refractivity contribution in [2.24, 2.45) is 0 Å². The maximum Gasteiger partial charge on any atom is 0.0972 e. The Morgan fingerprint density at radius 2 is 1.02 bits per heavy atom. The molecule has 5 nitrogen and oxygen atoms in total. The van der Waals surface area contributed by atoms with Crippen molar-refractivity contribution in [2.45, 2.75) is 6.04 Å². The molecule has 0 saturated carbocycles. The Hall–Kier alpha value is -7.24. The number of benzene rings is 6. The first-order chi connectivity index (χ1) is 26.7. The number of fused-ring (bicyclic) bond motifs is 9. The van der Waals surface area contributed by atoms with E-state index in [-0.39, 0.29) is 6.04 Å². The molecule has 5 heterocycles. The minimum Gasteiger partial charge on any atom is -0.673 e. The van der Waals surface area contributed by atoms with Gasteiger partial charge in [0, 0.05) is 43.6 Å². The number of aromatic nitrogens is 4. The maximum absolute atomic E-state index is 5.30. The van der Waals surface area contributed by atoms with Gasteiger partial charge in [-0.3, -0.25) is 0 Å².